The van der Waals surface area contributed by atoms with Crippen LogP contribution in [0.2, 0.25) is 0 Å². The standard InChI is InChI=1S/C76H106Br2N2O6/c1-9-17-21-25-29-33-45-75(46-34-30-26-22-18-10-2)63-49-55(37-41-59(63)61-43-39-57(77)51-65(61)75)71-69-70(74(82)79(71)53-67(83-13-5)84-14-6)72(80(73(69)81)54-68(85-15-7)86-16-8)56-38-42-60-62-44-40-58(78)52-66(62)76(64(60)50-56,47-35-31-27-23-19-11-3)48-36-32-28-24-20-12-4/h37-44,49-52,67-68H,9-36,45-48,53-54H2,1-8H3. The molecule has 8 rings (SSSR count). The molecule has 10 heteroatoms. The molecule has 4 aromatic carbocycles. The molecule has 2 heterocycles. The number of carbonyl (C=O) groups is 2. The molecule has 0 bridgehead atoms. The van der Waals surface area contributed by atoms with Gasteiger partial charge in [0.15, 0.2) is 12.6 Å². The van der Waals surface area contributed by atoms with E-state index in [9.17, 15) is 0 Å². The van der Waals surface area contributed by atoms with E-state index in [0.29, 0.717) is 49.0 Å². The molecule has 4 aliphatic rings. The molecule has 4 aromatic rings. The highest BCUT2D eigenvalue weighted by molar-refractivity contribution is 9.10. The lowest BCUT2D eigenvalue weighted by molar-refractivity contribution is -0.151. The summed E-state index contributed by atoms with van der Waals surface area (Å²) in [6.45, 7) is 18.9. The van der Waals surface area contributed by atoms with Crippen molar-refractivity contribution >= 4 is 55.1 Å². The molecule has 2 amide bonds. The predicted octanol–water partition coefficient (Wildman–Crippen LogP) is 21.4. The van der Waals surface area contributed by atoms with Crippen molar-refractivity contribution in [3.05, 3.63) is 126 Å². The zero-order chi connectivity index (χ0) is 61.1. The summed E-state index contributed by atoms with van der Waals surface area (Å²) in [6, 6.07) is 27.5. The van der Waals surface area contributed by atoms with Crippen molar-refractivity contribution in [1.29, 1.82) is 0 Å². The van der Waals surface area contributed by atoms with Crippen LogP contribution in [0.3, 0.4) is 0 Å². The summed E-state index contributed by atoms with van der Waals surface area (Å²) in [6.07, 6.45) is 32.1. The highest BCUT2D eigenvalue weighted by Crippen LogP contribution is 2.59. The first-order valence-electron chi connectivity index (χ1n) is 34.5. The fraction of sp³-hybridized carbons (Fsp3) is 0.605. The normalized spacial score (nSPS) is 15.5. The minimum atomic E-state index is -0.711. The van der Waals surface area contributed by atoms with E-state index >= 15 is 9.59 Å². The molecule has 0 fully saturated rings. The van der Waals surface area contributed by atoms with Crippen LogP contribution in [0.15, 0.2) is 92.9 Å². The molecule has 2 aliphatic heterocycles. The first-order valence-corrected chi connectivity index (χ1v) is 36.1. The first kappa shape index (κ1) is 68.0. The molecule has 86 heavy (non-hydrogen) atoms. The number of hydrogen-bond donors (Lipinski definition) is 0. The number of halogens is 2. The Morgan fingerprint density at radius 3 is 0.919 bits per heavy atom. The molecule has 8 nitrogen and oxygen atoms in total. The van der Waals surface area contributed by atoms with Crippen LogP contribution in [-0.2, 0) is 39.4 Å². The fourth-order valence-corrected chi connectivity index (χ4v) is 15.8. The third kappa shape index (κ3) is 15.5. The van der Waals surface area contributed by atoms with E-state index in [4.69, 9.17) is 18.9 Å². The molecule has 0 aromatic heterocycles. The lowest BCUT2D eigenvalue weighted by Gasteiger charge is -2.34. The molecule has 0 unspecified atom stereocenters. The summed E-state index contributed by atoms with van der Waals surface area (Å²) < 4.78 is 27.5. The van der Waals surface area contributed by atoms with Gasteiger partial charge in [0.1, 0.15) is 0 Å². The van der Waals surface area contributed by atoms with Gasteiger partial charge in [0, 0.05) is 46.2 Å². The van der Waals surface area contributed by atoms with Crippen LogP contribution in [0.25, 0.3) is 33.6 Å². The van der Waals surface area contributed by atoms with Gasteiger partial charge >= 0.3 is 0 Å². The molecule has 0 spiro atoms. The second kappa shape index (κ2) is 33.8. The summed E-state index contributed by atoms with van der Waals surface area (Å²) in [5, 5.41) is 0. The minimum Gasteiger partial charge on any atom is -0.351 e. The molecule has 0 radical (unpaired) electrons. The van der Waals surface area contributed by atoms with Gasteiger partial charge in [-0.3, -0.25) is 9.59 Å². The highest BCUT2D eigenvalue weighted by Gasteiger charge is 2.52. The molecule has 0 saturated carbocycles. The molecular formula is C76H106Br2N2O6. The molecule has 0 saturated heterocycles. The first-order chi connectivity index (χ1) is 42.0. The van der Waals surface area contributed by atoms with Crippen molar-refractivity contribution in [3.63, 3.8) is 0 Å². The van der Waals surface area contributed by atoms with Gasteiger partial charge in [-0.1, -0.05) is 250 Å². The average Bonchev–Trinajstić information content (AvgIpc) is 1.60. The molecule has 0 N–H and O–H groups in total. The summed E-state index contributed by atoms with van der Waals surface area (Å²) in [5.41, 5.74) is 13.8. The Labute approximate surface area is 536 Å². The Morgan fingerprint density at radius 2 is 0.628 bits per heavy atom. The van der Waals surface area contributed by atoms with E-state index < -0.39 is 12.6 Å². The summed E-state index contributed by atoms with van der Waals surface area (Å²) in [4.78, 5) is 36.4. The smallest absolute Gasteiger partial charge is 0.261 e. The average molecular weight is 1300 g/mol. The second-order valence-electron chi connectivity index (χ2n) is 25.1. The Bertz CT molecular complexity index is 2690. The number of ether oxygens (including phenoxy) is 4. The fourth-order valence-electron chi connectivity index (χ4n) is 15.1. The van der Waals surface area contributed by atoms with Crippen LogP contribution >= 0.6 is 31.9 Å². The van der Waals surface area contributed by atoms with Crippen molar-refractivity contribution in [3.8, 4) is 22.3 Å². The number of rotatable bonds is 42. The number of fused-ring (bicyclic) bond motifs is 7. The van der Waals surface area contributed by atoms with Gasteiger partial charge in [-0.05, 0) is 145 Å². The van der Waals surface area contributed by atoms with Gasteiger partial charge in [0.05, 0.1) is 35.6 Å². The van der Waals surface area contributed by atoms with Gasteiger partial charge in [-0.2, -0.15) is 0 Å². The Balaban J connectivity index is 1.35. The van der Waals surface area contributed by atoms with Crippen LogP contribution in [-0.4, -0.2) is 73.7 Å². The Hall–Kier alpha value is -3.90. The number of hydrogen-bond acceptors (Lipinski definition) is 6. The zero-order valence-electron chi connectivity index (χ0n) is 54.2. The molecular weight excluding hydrogens is 1200 g/mol. The van der Waals surface area contributed by atoms with E-state index in [0.717, 1.165) is 71.4 Å². The van der Waals surface area contributed by atoms with Crippen LogP contribution < -0.4 is 0 Å². The van der Waals surface area contributed by atoms with Crippen LogP contribution in [0, 0.1) is 0 Å². The van der Waals surface area contributed by atoms with E-state index in [1.54, 1.807) is 0 Å². The van der Waals surface area contributed by atoms with Crippen molar-refractivity contribution in [1.82, 2.24) is 9.80 Å². The molecule has 470 valence electrons. The lowest BCUT2D eigenvalue weighted by atomic mass is 9.70. The maximum absolute atomic E-state index is 16.3. The number of carbonyl (C=O) groups excluding carboxylic acids is 2. The van der Waals surface area contributed by atoms with E-state index in [2.05, 4.69) is 132 Å². The van der Waals surface area contributed by atoms with Crippen LogP contribution in [0.4, 0.5) is 0 Å². The van der Waals surface area contributed by atoms with Crippen molar-refractivity contribution in [2.75, 3.05) is 39.5 Å². The Kier molecular flexibility index (Phi) is 26.7. The predicted molar refractivity (Wildman–Crippen MR) is 364 cm³/mol. The van der Waals surface area contributed by atoms with Crippen molar-refractivity contribution in [2.24, 2.45) is 0 Å². The number of benzene rings is 4. The monoisotopic (exact) mass is 1300 g/mol. The van der Waals surface area contributed by atoms with E-state index in [1.807, 2.05) is 37.5 Å². The van der Waals surface area contributed by atoms with Gasteiger partial charge < -0.3 is 28.7 Å². The number of nitrogens with zero attached hydrogens (tertiary/aromatic N) is 2. The third-order valence-corrected chi connectivity index (χ3v) is 20.3. The third-order valence-electron chi connectivity index (χ3n) is 19.3. The van der Waals surface area contributed by atoms with Crippen molar-refractivity contribution < 1.29 is 28.5 Å². The second-order valence-corrected chi connectivity index (χ2v) is 26.9. The molecule has 0 atom stereocenters. The van der Waals surface area contributed by atoms with E-state index in [1.165, 1.54) is 173 Å². The largest absolute Gasteiger partial charge is 0.351 e. The SMILES string of the molecule is CCCCCCCCC1(CCCCCCCC)c2cc(Br)ccc2-c2ccc(C3=C4C(=O)N(CC(OCC)OCC)C(c5ccc6c(c5)C(CCCCCCCC)(CCCCCCCC)c5cc(Br)ccc5-6)=C4C(=O)N3CC(OCC)OCC)cc21. The van der Waals surface area contributed by atoms with Gasteiger partial charge in [-0.15, -0.1) is 0 Å². The maximum Gasteiger partial charge on any atom is 0.261 e. The highest BCUT2D eigenvalue weighted by atomic mass is 79.9. The summed E-state index contributed by atoms with van der Waals surface area (Å²) in [7, 11) is 0. The van der Waals surface area contributed by atoms with Crippen LogP contribution in [0.5, 0.6) is 0 Å². The number of unbranched alkanes of at least 4 members (excludes halogenated alkanes) is 20. The minimum absolute atomic E-state index is 0.128. The van der Waals surface area contributed by atoms with E-state index in [-0.39, 0.29) is 35.7 Å². The topological polar surface area (TPSA) is 77.5 Å². The van der Waals surface area contributed by atoms with Gasteiger partial charge in [-0.25, -0.2) is 0 Å². The number of amides is 2. The summed E-state index contributed by atoms with van der Waals surface area (Å²) in [5.74, 6) is -0.434. The van der Waals surface area contributed by atoms with Crippen molar-refractivity contribution in [2.45, 2.75) is 259 Å². The molecule has 2 aliphatic carbocycles. The van der Waals surface area contributed by atoms with Gasteiger partial charge in [0.25, 0.3) is 11.8 Å². The van der Waals surface area contributed by atoms with Gasteiger partial charge in [0.2, 0.25) is 0 Å². The summed E-state index contributed by atoms with van der Waals surface area (Å²) >= 11 is 7.90. The quantitative estimate of drug-likeness (QED) is 0.0325. The lowest BCUT2D eigenvalue weighted by Crippen LogP contribution is -2.39. The zero-order valence-corrected chi connectivity index (χ0v) is 57.4. The Morgan fingerprint density at radius 1 is 0.360 bits per heavy atom. The maximum atomic E-state index is 16.3. The van der Waals surface area contributed by atoms with Crippen LogP contribution in [0.1, 0.15) is 269 Å².